The minimum atomic E-state index is -3.62. The standard InChI is InChI=1S/C12H16Cl2N2O2S/c1-8-9(2)16(7-6-15-8)19(17,18)11-5-3-4-10(13)12(11)14/h3-5,8-9,15H,6-7H2,1-2H3. The van der Waals surface area contributed by atoms with E-state index in [1.807, 2.05) is 13.8 Å². The van der Waals surface area contributed by atoms with Crippen LogP contribution in [-0.2, 0) is 10.0 Å². The SMILES string of the molecule is CC1NCCN(S(=O)(=O)c2cccc(Cl)c2Cl)C1C. The number of halogens is 2. The Morgan fingerprint density at radius 3 is 2.68 bits per heavy atom. The zero-order valence-corrected chi connectivity index (χ0v) is 13.1. The van der Waals surface area contributed by atoms with Gasteiger partial charge in [0.25, 0.3) is 0 Å². The predicted molar refractivity (Wildman–Crippen MR) is 77.3 cm³/mol. The maximum atomic E-state index is 12.7. The van der Waals surface area contributed by atoms with Gasteiger partial charge in [-0.25, -0.2) is 8.42 Å². The summed E-state index contributed by atoms with van der Waals surface area (Å²) < 4.78 is 26.8. The fourth-order valence-corrected chi connectivity index (χ4v) is 4.62. The summed E-state index contributed by atoms with van der Waals surface area (Å²) >= 11 is 11.9. The van der Waals surface area contributed by atoms with E-state index in [0.29, 0.717) is 13.1 Å². The highest BCUT2D eigenvalue weighted by Crippen LogP contribution is 2.32. The molecular formula is C12H16Cl2N2O2S. The van der Waals surface area contributed by atoms with Crippen LogP contribution in [0.3, 0.4) is 0 Å². The van der Waals surface area contributed by atoms with E-state index < -0.39 is 10.0 Å². The fraction of sp³-hybridized carbons (Fsp3) is 0.500. The molecule has 0 spiro atoms. The molecule has 2 atom stereocenters. The fourth-order valence-electron chi connectivity index (χ4n) is 2.17. The van der Waals surface area contributed by atoms with E-state index in [1.165, 1.54) is 10.4 Å². The molecule has 2 unspecified atom stereocenters. The van der Waals surface area contributed by atoms with Gasteiger partial charge < -0.3 is 5.32 Å². The number of hydrogen-bond acceptors (Lipinski definition) is 3. The summed E-state index contributed by atoms with van der Waals surface area (Å²) in [4.78, 5) is 0.0719. The minimum Gasteiger partial charge on any atom is -0.311 e. The molecule has 0 radical (unpaired) electrons. The number of hydrogen-bond donors (Lipinski definition) is 1. The van der Waals surface area contributed by atoms with Gasteiger partial charge in [-0.1, -0.05) is 29.3 Å². The second-order valence-electron chi connectivity index (χ2n) is 4.65. The zero-order chi connectivity index (χ0) is 14.2. The molecule has 0 amide bonds. The average Bonchev–Trinajstić information content (AvgIpc) is 2.35. The summed E-state index contributed by atoms with van der Waals surface area (Å²) in [6, 6.07) is 4.63. The summed E-state index contributed by atoms with van der Waals surface area (Å²) in [5.74, 6) is 0. The molecule has 0 aromatic heterocycles. The summed E-state index contributed by atoms with van der Waals surface area (Å²) in [5.41, 5.74) is 0. The van der Waals surface area contributed by atoms with Crippen molar-refractivity contribution in [2.45, 2.75) is 30.8 Å². The van der Waals surface area contributed by atoms with Gasteiger partial charge in [-0.2, -0.15) is 4.31 Å². The Morgan fingerprint density at radius 2 is 2.00 bits per heavy atom. The molecule has 1 aromatic carbocycles. The molecule has 1 N–H and O–H groups in total. The first kappa shape index (κ1) is 15.1. The van der Waals surface area contributed by atoms with Gasteiger partial charge in [0.05, 0.1) is 10.0 Å². The smallest absolute Gasteiger partial charge is 0.244 e. The largest absolute Gasteiger partial charge is 0.311 e. The topological polar surface area (TPSA) is 49.4 Å². The van der Waals surface area contributed by atoms with Crippen molar-refractivity contribution < 1.29 is 8.42 Å². The van der Waals surface area contributed by atoms with Gasteiger partial charge in [0.15, 0.2) is 0 Å². The van der Waals surface area contributed by atoms with Gasteiger partial charge in [-0.05, 0) is 26.0 Å². The highest BCUT2D eigenvalue weighted by molar-refractivity contribution is 7.89. The van der Waals surface area contributed by atoms with Crippen LogP contribution in [0.1, 0.15) is 13.8 Å². The minimum absolute atomic E-state index is 0.0719. The van der Waals surface area contributed by atoms with Crippen LogP contribution in [0.15, 0.2) is 23.1 Å². The number of benzene rings is 1. The quantitative estimate of drug-likeness (QED) is 0.909. The number of sulfonamides is 1. The Labute approximate surface area is 123 Å². The highest BCUT2D eigenvalue weighted by Gasteiger charge is 2.35. The third-order valence-corrected chi connectivity index (χ3v) is 6.44. The molecule has 7 heteroatoms. The lowest BCUT2D eigenvalue weighted by molar-refractivity contribution is 0.233. The van der Waals surface area contributed by atoms with E-state index in [2.05, 4.69) is 5.32 Å². The normalized spacial score (nSPS) is 25.5. The van der Waals surface area contributed by atoms with Crippen molar-refractivity contribution in [3.05, 3.63) is 28.2 Å². The zero-order valence-electron chi connectivity index (χ0n) is 10.7. The molecule has 0 aliphatic carbocycles. The average molecular weight is 323 g/mol. The molecule has 1 aliphatic heterocycles. The van der Waals surface area contributed by atoms with Crippen LogP contribution in [0, 0.1) is 0 Å². The summed E-state index contributed by atoms with van der Waals surface area (Å²) in [7, 11) is -3.62. The van der Waals surface area contributed by atoms with Crippen molar-refractivity contribution >= 4 is 33.2 Å². The third-order valence-electron chi connectivity index (χ3n) is 3.48. The molecule has 2 rings (SSSR count). The number of nitrogens with zero attached hydrogens (tertiary/aromatic N) is 1. The van der Waals surface area contributed by atoms with Crippen molar-refractivity contribution in [1.82, 2.24) is 9.62 Å². The summed E-state index contributed by atoms with van der Waals surface area (Å²) in [6.45, 7) is 4.90. The monoisotopic (exact) mass is 322 g/mol. The molecule has 1 heterocycles. The molecule has 1 fully saturated rings. The lowest BCUT2D eigenvalue weighted by atomic mass is 10.1. The van der Waals surface area contributed by atoms with Gasteiger partial charge in [0.2, 0.25) is 10.0 Å². The molecular weight excluding hydrogens is 307 g/mol. The van der Waals surface area contributed by atoms with Crippen molar-refractivity contribution in [2.75, 3.05) is 13.1 Å². The van der Waals surface area contributed by atoms with E-state index in [4.69, 9.17) is 23.2 Å². The first-order chi connectivity index (χ1) is 8.85. The lowest BCUT2D eigenvalue weighted by Gasteiger charge is -2.37. The molecule has 0 bridgehead atoms. The van der Waals surface area contributed by atoms with Crippen LogP contribution in [0.25, 0.3) is 0 Å². The first-order valence-corrected chi connectivity index (χ1v) is 8.24. The first-order valence-electron chi connectivity index (χ1n) is 6.05. The third kappa shape index (κ3) is 2.76. The van der Waals surface area contributed by atoms with Crippen molar-refractivity contribution in [3.63, 3.8) is 0 Å². The van der Waals surface area contributed by atoms with Crippen LogP contribution in [0.5, 0.6) is 0 Å². The molecule has 19 heavy (non-hydrogen) atoms. The van der Waals surface area contributed by atoms with E-state index in [-0.39, 0.29) is 27.0 Å². The second-order valence-corrected chi connectivity index (χ2v) is 7.30. The Bertz CT molecular complexity index is 577. The van der Waals surface area contributed by atoms with Gasteiger partial charge in [0, 0.05) is 25.2 Å². The summed E-state index contributed by atoms with van der Waals surface area (Å²) in [6.07, 6.45) is 0. The van der Waals surface area contributed by atoms with Crippen molar-refractivity contribution in [1.29, 1.82) is 0 Å². The van der Waals surface area contributed by atoms with Gasteiger partial charge in [0.1, 0.15) is 4.90 Å². The maximum absolute atomic E-state index is 12.7. The number of nitrogens with one attached hydrogen (secondary N) is 1. The van der Waals surface area contributed by atoms with Crippen LogP contribution in [-0.4, -0.2) is 37.9 Å². The lowest BCUT2D eigenvalue weighted by Crippen LogP contribution is -2.57. The maximum Gasteiger partial charge on any atom is 0.244 e. The van der Waals surface area contributed by atoms with Crippen LogP contribution in [0.4, 0.5) is 0 Å². The molecule has 1 aromatic rings. The van der Waals surface area contributed by atoms with Crippen LogP contribution >= 0.6 is 23.2 Å². The second kappa shape index (κ2) is 5.58. The Kier molecular flexibility index (Phi) is 4.42. The van der Waals surface area contributed by atoms with Crippen molar-refractivity contribution in [2.24, 2.45) is 0 Å². The predicted octanol–water partition coefficient (Wildman–Crippen LogP) is 2.36. The summed E-state index contributed by atoms with van der Waals surface area (Å²) in [5, 5.41) is 3.58. The number of piperazine rings is 1. The number of rotatable bonds is 2. The van der Waals surface area contributed by atoms with E-state index in [0.717, 1.165) is 0 Å². The molecule has 4 nitrogen and oxygen atoms in total. The van der Waals surface area contributed by atoms with Crippen molar-refractivity contribution in [3.8, 4) is 0 Å². The Morgan fingerprint density at radius 1 is 1.32 bits per heavy atom. The van der Waals surface area contributed by atoms with Gasteiger partial charge >= 0.3 is 0 Å². The highest BCUT2D eigenvalue weighted by atomic mass is 35.5. The molecule has 1 saturated heterocycles. The molecule has 106 valence electrons. The molecule has 0 saturated carbocycles. The van der Waals surface area contributed by atoms with E-state index in [9.17, 15) is 8.42 Å². The van der Waals surface area contributed by atoms with Crippen LogP contribution < -0.4 is 5.32 Å². The van der Waals surface area contributed by atoms with Gasteiger partial charge in [-0.15, -0.1) is 0 Å². The Hall–Kier alpha value is -0.330. The Balaban J connectivity index is 2.45. The van der Waals surface area contributed by atoms with E-state index >= 15 is 0 Å². The van der Waals surface area contributed by atoms with E-state index in [1.54, 1.807) is 12.1 Å². The van der Waals surface area contributed by atoms with Gasteiger partial charge in [-0.3, -0.25) is 0 Å². The molecule has 1 aliphatic rings. The van der Waals surface area contributed by atoms with Crippen LogP contribution in [0.2, 0.25) is 10.0 Å².